The third kappa shape index (κ3) is 6.02. The van der Waals surface area contributed by atoms with Gasteiger partial charge in [-0.1, -0.05) is 29.3 Å². The van der Waals surface area contributed by atoms with Gasteiger partial charge in [-0.2, -0.15) is 0 Å². The van der Waals surface area contributed by atoms with Crippen molar-refractivity contribution < 1.29 is 0 Å². The lowest BCUT2D eigenvalue weighted by molar-refractivity contribution is 0.681. The average Bonchev–Trinajstić information content (AvgIpc) is 2.79. The summed E-state index contributed by atoms with van der Waals surface area (Å²) >= 11 is 11.9. The fraction of sp³-hybridized carbons (Fsp3) is 0.250. The summed E-state index contributed by atoms with van der Waals surface area (Å²) in [5.74, 6) is 0. The lowest BCUT2D eigenvalue weighted by Crippen LogP contribution is -2.17. The molecule has 2 rings (SSSR count). The smallest absolute Gasteiger partial charge is 0.0921 e. The van der Waals surface area contributed by atoms with E-state index in [1.165, 1.54) is 0 Å². The van der Waals surface area contributed by atoms with Crippen LogP contribution in [0, 0.1) is 0 Å². The molecule has 1 heterocycles. The minimum Gasteiger partial charge on any atom is -0.348 e. The Morgan fingerprint density at radius 1 is 1.21 bits per heavy atom. The number of benzene rings is 1. The summed E-state index contributed by atoms with van der Waals surface area (Å²) in [7, 11) is 0. The number of aromatic nitrogens is 2. The number of hydrogen-bond acceptors (Lipinski definition) is 2. The second-order valence-corrected chi connectivity index (χ2v) is 4.58. The molecule has 0 bridgehead atoms. The molecule has 0 radical (unpaired) electrons. The highest BCUT2D eigenvalue weighted by Crippen LogP contribution is 2.20. The van der Waals surface area contributed by atoms with Gasteiger partial charge in [0, 0.05) is 41.4 Å². The van der Waals surface area contributed by atoms with Gasteiger partial charge in [0.25, 0.3) is 0 Å². The molecule has 1 aromatic heterocycles. The first-order valence-electron chi connectivity index (χ1n) is 5.37. The van der Waals surface area contributed by atoms with Crippen molar-refractivity contribution in [3.8, 4) is 0 Å². The molecular weight excluding hydrogens is 328 g/mol. The Kier molecular flexibility index (Phi) is 9.23. The molecule has 0 atom stereocenters. The maximum absolute atomic E-state index is 6.07. The van der Waals surface area contributed by atoms with Crippen molar-refractivity contribution in [1.82, 2.24) is 15.3 Å². The Bertz CT molecular complexity index is 474. The quantitative estimate of drug-likeness (QED) is 0.809. The fourth-order valence-corrected chi connectivity index (χ4v) is 2.01. The maximum atomic E-state index is 6.07. The van der Waals surface area contributed by atoms with Crippen LogP contribution in [-0.2, 0) is 13.0 Å². The van der Waals surface area contributed by atoms with Crippen LogP contribution in [0.15, 0.2) is 30.7 Å². The van der Waals surface area contributed by atoms with Crippen LogP contribution in [0.5, 0.6) is 0 Å². The highest BCUT2D eigenvalue weighted by Gasteiger charge is 2.00. The number of hydrogen-bond donors (Lipinski definition) is 2. The van der Waals surface area contributed by atoms with Crippen molar-refractivity contribution in [1.29, 1.82) is 0 Å². The number of nitrogens with one attached hydrogen (secondary N) is 2. The Labute approximate surface area is 134 Å². The summed E-state index contributed by atoms with van der Waals surface area (Å²) in [6.07, 6.45) is 4.44. The molecule has 0 fully saturated rings. The fourth-order valence-electron chi connectivity index (χ4n) is 1.53. The van der Waals surface area contributed by atoms with Gasteiger partial charge >= 0.3 is 0 Å². The molecule has 2 N–H and O–H groups in total. The zero-order valence-electron chi connectivity index (χ0n) is 10.0. The van der Waals surface area contributed by atoms with E-state index in [-0.39, 0.29) is 24.8 Å². The summed E-state index contributed by atoms with van der Waals surface area (Å²) in [5.41, 5.74) is 2.18. The van der Waals surface area contributed by atoms with Crippen molar-refractivity contribution in [2.75, 3.05) is 6.54 Å². The van der Waals surface area contributed by atoms with Gasteiger partial charge in [-0.3, -0.25) is 0 Å². The normalized spacial score (nSPS) is 9.58. The predicted octanol–water partition coefficient (Wildman–Crippen LogP) is 3.89. The average molecular weight is 343 g/mol. The summed E-state index contributed by atoms with van der Waals surface area (Å²) in [6, 6.07) is 5.54. The van der Waals surface area contributed by atoms with Crippen LogP contribution in [0.4, 0.5) is 0 Å². The number of aromatic amines is 1. The van der Waals surface area contributed by atoms with Gasteiger partial charge in [0.05, 0.1) is 6.33 Å². The van der Waals surface area contributed by atoms with Crippen molar-refractivity contribution >= 4 is 48.0 Å². The van der Waals surface area contributed by atoms with Gasteiger partial charge in [0.2, 0.25) is 0 Å². The van der Waals surface area contributed by atoms with Crippen LogP contribution < -0.4 is 5.32 Å². The largest absolute Gasteiger partial charge is 0.348 e. The van der Waals surface area contributed by atoms with E-state index in [9.17, 15) is 0 Å². The molecule has 3 nitrogen and oxygen atoms in total. The minimum atomic E-state index is 0. The second-order valence-electron chi connectivity index (χ2n) is 3.74. The molecule has 0 saturated carbocycles. The molecule has 0 unspecified atom stereocenters. The van der Waals surface area contributed by atoms with E-state index in [0.29, 0.717) is 10.0 Å². The zero-order valence-corrected chi connectivity index (χ0v) is 13.2. The molecule has 19 heavy (non-hydrogen) atoms. The van der Waals surface area contributed by atoms with Gasteiger partial charge in [-0.25, -0.2) is 4.98 Å². The van der Waals surface area contributed by atoms with Gasteiger partial charge in [-0.15, -0.1) is 24.8 Å². The number of H-pyrrole nitrogens is 1. The van der Waals surface area contributed by atoms with E-state index in [1.54, 1.807) is 12.4 Å². The van der Waals surface area contributed by atoms with Gasteiger partial charge in [0.1, 0.15) is 0 Å². The molecule has 0 aliphatic carbocycles. The molecule has 0 aliphatic rings. The number of halogens is 4. The highest BCUT2D eigenvalue weighted by atomic mass is 35.5. The van der Waals surface area contributed by atoms with Crippen LogP contribution in [0.1, 0.15) is 11.3 Å². The molecule has 106 valence electrons. The molecular formula is C12H15Cl4N3. The summed E-state index contributed by atoms with van der Waals surface area (Å²) in [4.78, 5) is 7.02. The minimum absolute atomic E-state index is 0. The van der Waals surface area contributed by atoms with Crippen molar-refractivity contribution in [2.45, 2.75) is 13.0 Å². The van der Waals surface area contributed by atoms with Gasteiger partial charge in [0.15, 0.2) is 0 Å². The van der Waals surface area contributed by atoms with E-state index in [0.717, 1.165) is 30.8 Å². The molecule has 0 spiro atoms. The molecule has 0 aliphatic heterocycles. The summed E-state index contributed by atoms with van der Waals surface area (Å²) < 4.78 is 0. The maximum Gasteiger partial charge on any atom is 0.0921 e. The highest BCUT2D eigenvalue weighted by molar-refractivity contribution is 6.35. The Morgan fingerprint density at radius 3 is 2.63 bits per heavy atom. The standard InChI is InChI=1S/C12H13Cl2N3.2ClH/c13-10-2-1-9(12(14)5-10)6-15-4-3-11-7-16-8-17-11;;/h1-2,5,7-8,15H,3-4,6H2,(H,16,17);2*1H. The van der Waals surface area contributed by atoms with E-state index >= 15 is 0 Å². The van der Waals surface area contributed by atoms with Crippen LogP contribution in [0.2, 0.25) is 10.0 Å². The number of rotatable bonds is 5. The van der Waals surface area contributed by atoms with E-state index in [1.807, 2.05) is 18.3 Å². The monoisotopic (exact) mass is 341 g/mol. The van der Waals surface area contributed by atoms with E-state index in [4.69, 9.17) is 23.2 Å². The van der Waals surface area contributed by atoms with Crippen LogP contribution in [0.3, 0.4) is 0 Å². The van der Waals surface area contributed by atoms with Crippen LogP contribution >= 0.6 is 48.0 Å². The third-order valence-electron chi connectivity index (χ3n) is 2.46. The molecule has 2 aromatic rings. The SMILES string of the molecule is Cl.Cl.Clc1ccc(CNCCc2cnc[nH]2)c(Cl)c1. The van der Waals surface area contributed by atoms with E-state index < -0.39 is 0 Å². The molecule has 1 aromatic carbocycles. The summed E-state index contributed by atoms with van der Waals surface area (Å²) in [6.45, 7) is 1.62. The summed E-state index contributed by atoms with van der Waals surface area (Å²) in [5, 5.41) is 4.69. The van der Waals surface area contributed by atoms with Crippen molar-refractivity contribution in [3.63, 3.8) is 0 Å². The Hall–Kier alpha value is -0.450. The molecule has 0 saturated heterocycles. The lowest BCUT2D eigenvalue weighted by Gasteiger charge is -2.06. The van der Waals surface area contributed by atoms with Crippen molar-refractivity contribution in [2.24, 2.45) is 0 Å². The topological polar surface area (TPSA) is 40.7 Å². The predicted molar refractivity (Wildman–Crippen MR) is 85.0 cm³/mol. The van der Waals surface area contributed by atoms with Crippen LogP contribution in [-0.4, -0.2) is 16.5 Å². The Balaban J connectivity index is 0.00000162. The first-order chi connectivity index (χ1) is 8.25. The zero-order chi connectivity index (χ0) is 12.1. The molecule has 0 amide bonds. The van der Waals surface area contributed by atoms with Crippen molar-refractivity contribution in [3.05, 3.63) is 52.0 Å². The molecule has 7 heteroatoms. The lowest BCUT2D eigenvalue weighted by atomic mass is 10.2. The second kappa shape index (κ2) is 9.45. The first kappa shape index (κ1) is 18.6. The number of imidazole rings is 1. The first-order valence-corrected chi connectivity index (χ1v) is 6.13. The van der Waals surface area contributed by atoms with Crippen LogP contribution in [0.25, 0.3) is 0 Å². The van der Waals surface area contributed by atoms with Gasteiger partial charge in [-0.05, 0) is 17.7 Å². The number of nitrogens with zero attached hydrogens (tertiary/aromatic N) is 1. The van der Waals surface area contributed by atoms with E-state index in [2.05, 4.69) is 15.3 Å². The van der Waals surface area contributed by atoms with Gasteiger partial charge < -0.3 is 10.3 Å². The Morgan fingerprint density at radius 2 is 2.00 bits per heavy atom. The third-order valence-corrected chi connectivity index (χ3v) is 3.04.